The zero-order valence-electron chi connectivity index (χ0n) is 9.73. The van der Waals surface area contributed by atoms with Gasteiger partial charge < -0.3 is 21.1 Å². The van der Waals surface area contributed by atoms with Crippen molar-refractivity contribution >= 4 is 17.9 Å². The van der Waals surface area contributed by atoms with Crippen molar-refractivity contribution in [3.8, 4) is 12.3 Å². The molecule has 1 saturated heterocycles. The molecule has 1 aliphatic heterocycles. The standard InChI is InChI=1S/C11H15N3O4/c1-2-3-8(10(16)17)14-11(18)13-7-4-5-9(15)12-6-7/h1,7-8H,3-6H2,(H,12,15)(H,16,17)(H2,13,14,18). The highest BCUT2D eigenvalue weighted by atomic mass is 16.4. The van der Waals surface area contributed by atoms with E-state index in [4.69, 9.17) is 11.5 Å². The molecule has 18 heavy (non-hydrogen) atoms. The molecule has 3 amide bonds. The molecule has 1 rings (SSSR count). The number of carbonyl (C=O) groups excluding carboxylic acids is 2. The van der Waals surface area contributed by atoms with E-state index in [1.807, 2.05) is 0 Å². The molecule has 98 valence electrons. The molecule has 7 heteroatoms. The zero-order valence-corrected chi connectivity index (χ0v) is 9.73. The smallest absolute Gasteiger partial charge is 0.327 e. The molecule has 0 aromatic carbocycles. The largest absolute Gasteiger partial charge is 0.480 e. The third kappa shape index (κ3) is 4.33. The van der Waals surface area contributed by atoms with Crippen molar-refractivity contribution in [3.63, 3.8) is 0 Å². The number of amides is 3. The average Bonchev–Trinajstić information content (AvgIpc) is 2.31. The van der Waals surface area contributed by atoms with Crippen molar-refractivity contribution in [1.82, 2.24) is 16.0 Å². The molecule has 2 unspecified atom stereocenters. The van der Waals surface area contributed by atoms with Crippen LogP contribution in [0.25, 0.3) is 0 Å². The second-order valence-electron chi connectivity index (χ2n) is 3.96. The molecule has 4 N–H and O–H groups in total. The molecule has 0 radical (unpaired) electrons. The van der Waals surface area contributed by atoms with Crippen molar-refractivity contribution in [2.45, 2.75) is 31.3 Å². The van der Waals surface area contributed by atoms with Crippen LogP contribution in [0.15, 0.2) is 0 Å². The number of rotatable bonds is 4. The summed E-state index contributed by atoms with van der Waals surface area (Å²) < 4.78 is 0. The third-order valence-electron chi connectivity index (χ3n) is 2.53. The summed E-state index contributed by atoms with van der Waals surface area (Å²) >= 11 is 0. The van der Waals surface area contributed by atoms with E-state index in [1.165, 1.54) is 0 Å². The minimum absolute atomic E-state index is 0.0517. The number of urea groups is 1. The molecule has 1 fully saturated rings. The summed E-state index contributed by atoms with van der Waals surface area (Å²) in [4.78, 5) is 33.2. The summed E-state index contributed by atoms with van der Waals surface area (Å²) in [5.41, 5.74) is 0. The number of carbonyl (C=O) groups is 3. The summed E-state index contributed by atoms with van der Waals surface area (Å²) in [5.74, 6) is 0.951. The van der Waals surface area contributed by atoms with E-state index in [2.05, 4.69) is 21.9 Å². The Hall–Kier alpha value is -2.23. The monoisotopic (exact) mass is 253 g/mol. The van der Waals surface area contributed by atoms with Crippen LogP contribution in [0.5, 0.6) is 0 Å². The Morgan fingerprint density at radius 2 is 2.33 bits per heavy atom. The van der Waals surface area contributed by atoms with Crippen molar-refractivity contribution in [1.29, 1.82) is 0 Å². The topological polar surface area (TPSA) is 108 Å². The number of aliphatic carboxylic acids is 1. The van der Waals surface area contributed by atoms with E-state index in [1.54, 1.807) is 0 Å². The maximum Gasteiger partial charge on any atom is 0.327 e. The fraction of sp³-hybridized carbons (Fsp3) is 0.545. The number of nitrogens with one attached hydrogen (secondary N) is 3. The molecule has 0 aromatic heterocycles. The first-order valence-corrected chi connectivity index (χ1v) is 5.53. The van der Waals surface area contributed by atoms with Crippen LogP contribution in [-0.2, 0) is 9.59 Å². The van der Waals surface area contributed by atoms with Gasteiger partial charge in [0.1, 0.15) is 6.04 Å². The van der Waals surface area contributed by atoms with Crippen LogP contribution in [0.2, 0.25) is 0 Å². The van der Waals surface area contributed by atoms with Gasteiger partial charge in [0.2, 0.25) is 5.91 Å². The normalized spacial score (nSPS) is 20.2. The Kier molecular flexibility index (Phi) is 4.99. The summed E-state index contributed by atoms with van der Waals surface area (Å²) in [5, 5.41) is 16.3. The van der Waals surface area contributed by atoms with Gasteiger partial charge in [0.05, 0.1) is 0 Å². The average molecular weight is 253 g/mol. The van der Waals surface area contributed by atoms with E-state index >= 15 is 0 Å². The minimum Gasteiger partial charge on any atom is -0.480 e. The number of hydrogen-bond acceptors (Lipinski definition) is 3. The predicted octanol–water partition coefficient (Wildman–Crippen LogP) is -0.959. The van der Waals surface area contributed by atoms with Gasteiger partial charge in [0, 0.05) is 25.4 Å². The molecule has 7 nitrogen and oxygen atoms in total. The Bertz CT molecular complexity index is 378. The summed E-state index contributed by atoms with van der Waals surface area (Å²) in [6.45, 7) is 0.346. The molecule has 0 aromatic rings. The maximum atomic E-state index is 11.5. The number of piperidine rings is 1. The van der Waals surface area contributed by atoms with Gasteiger partial charge in [-0.1, -0.05) is 0 Å². The van der Waals surface area contributed by atoms with Crippen LogP contribution in [0.1, 0.15) is 19.3 Å². The second kappa shape index (κ2) is 6.49. The van der Waals surface area contributed by atoms with E-state index in [0.29, 0.717) is 19.4 Å². The summed E-state index contributed by atoms with van der Waals surface area (Å²) in [6.07, 6.45) is 5.81. The minimum atomic E-state index is -1.18. The highest BCUT2D eigenvalue weighted by Gasteiger charge is 2.22. The third-order valence-corrected chi connectivity index (χ3v) is 2.53. The van der Waals surface area contributed by atoms with Crippen LogP contribution < -0.4 is 16.0 Å². The highest BCUT2D eigenvalue weighted by molar-refractivity contribution is 5.83. The fourth-order valence-corrected chi connectivity index (χ4v) is 1.56. The molecular weight excluding hydrogens is 238 g/mol. The first-order chi connectivity index (χ1) is 8.52. The van der Waals surface area contributed by atoms with E-state index in [0.717, 1.165) is 0 Å². The number of carboxylic acids is 1. The van der Waals surface area contributed by atoms with E-state index < -0.39 is 18.0 Å². The van der Waals surface area contributed by atoms with Gasteiger partial charge in [-0.25, -0.2) is 9.59 Å². The first kappa shape index (κ1) is 13.8. The maximum absolute atomic E-state index is 11.5. The SMILES string of the molecule is C#CCC(NC(=O)NC1CCC(=O)NC1)C(=O)O. The molecule has 1 heterocycles. The second-order valence-corrected chi connectivity index (χ2v) is 3.96. The molecule has 0 aliphatic carbocycles. The van der Waals surface area contributed by atoms with Gasteiger partial charge in [0.25, 0.3) is 0 Å². The Morgan fingerprint density at radius 1 is 1.61 bits per heavy atom. The van der Waals surface area contributed by atoms with Crippen LogP contribution in [0, 0.1) is 12.3 Å². The molecule has 1 aliphatic rings. The van der Waals surface area contributed by atoms with E-state index in [9.17, 15) is 14.4 Å². The lowest BCUT2D eigenvalue weighted by Crippen LogP contribution is -2.53. The van der Waals surface area contributed by atoms with Gasteiger partial charge in [-0.2, -0.15) is 0 Å². The first-order valence-electron chi connectivity index (χ1n) is 5.53. The number of hydrogen-bond donors (Lipinski definition) is 4. The lowest BCUT2D eigenvalue weighted by molar-refractivity contribution is -0.139. The van der Waals surface area contributed by atoms with Gasteiger partial charge >= 0.3 is 12.0 Å². The molecular formula is C11H15N3O4. The molecule has 0 spiro atoms. The predicted molar refractivity (Wildman–Crippen MR) is 62.6 cm³/mol. The Labute approximate surface area is 104 Å². The Balaban J connectivity index is 2.38. The number of terminal acetylenes is 1. The van der Waals surface area contributed by atoms with Crippen LogP contribution in [-0.4, -0.2) is 41.6 Å². The summed E-state index contributed by atoms with van der Waals surface area (Å²) in [6, 6.07) is -1.89. The Morgan fingerprint density at radius 3 is 2.83 bits per heavy atom. The lowest BCUT2D eigenvalue weighted by Gasteiger charge is -2.24. The quantitative estimate of drug-likeness (QED) is 0.484. The van der Waals surface area contributed by atoms with Gasteiger partial charge in [-0.05, 0) is 6.42 Å². The zero-order chi connectivity index (χ0) is 13.5. The van der Waals surface area contributed by atoms with Gasteiger partial charge in [-0.15, -0.1) is 12.3 Å². The van der Waals surface area contributed by atoms with Crippen LogP contribution in [0.3, 0.4) is 0 Å². The van der Waals surface area contributed by atoms with Crippen molar-refractivity contribution in [2.24, 2.45) is 0 Å². The van der Waals surface area contributed by atoms with Gasteiger partial charge in [-0.3, -0.25) is 4.79 Å². The highest BCUT2D eigenvalue weighted by Crippen LogP contribution is 2.02. The molecule has 0 bridgehead atoms. The summed E-state index contributed by atoms with van der Waals surface area (Å²) in [7, 11) is 0. The van der Waals surface area contributed by atoms with Crippen molar-refractivity contribution < 1.29 is 19.5 Å². The van der Waals surface area contributed by atoms with Crippen LogP contribution >= 0.6 is 0 Å². The molecule has 0 saturated carbocycles. The van der Waals surface area contributed by atoms with Gasteiger partial charge in [0.15, 0.2) is 0 Å². The van der Waals surface area contributed by atoms with Crippen molar-refractivity contribution in [3.05, 3.63) is 0 Å². The molecule has 2 atom stereocenters. The van der Waals surface area contributed by atoms with Crippen molar-refractivity contribution in [2.75, 3.05) is 6.54 Å². The number of carboxylic acid groups (broad SMARTS) is 1. The fourth-order valence-electron chi connectivity index (χ4n) is 1.56. The van der Waals surface area contributed by atoms with Crippen LogP contribution in [0.4, 0.5) is 4.79 Å². The van der Waals surface area contributed by atoms with E-state index in [-0.39, 0.29) is 18.4 Å². The lowest BCUT2D eigenvalue weighted by atomic mass is 10.1.